The van der Waals surface area contributed by atoms with E-state index < -0.39 is 11.4 Å². The van der Waals surface area contributed by atoms with Gasteiger partial charge in [-0.1, -0.05) is 54.0 Å². The molecule has 1 unspecified atom stereocenters. The number of nitrogens with zero attached hydrogens (tertiary/aromatic N) is 3. The summed E-state index contributed by atoms with van der Waals surface area (Å²) in [5.74, 6) is 2.06. The van der Waals surface area contributed by atoms with Crippen molar-refractivity contribution in [2.75, 3.05) is 39.0 Å². The topological polar surface area (TPSA) is 112 Å². The molecule has 2 aromatic heterocycles. The Kier molecular flexibility index (Phi) is 7.34. The number of hydrogen-bond acceptors (Lipinski definition) is 6. The second-order valence-electron chi connectivity index (χ2n) is 19.6. The third-order valence-electron chi connectivity index (χ3n) is 16.4. The highest BCUT2D eigenvalue weighted by Gasteiger charge is 2.70. The maximum absolute atomic E-state index is 13.6. The van der Waals surface area contributed by atoms with Crippen molar-refractivity contribution in [1.82, 2.24) is 20.0 Å². The second kappa shape index (κ2) is 10.7. The minimum Gasteiger partial charge on any atom is -0.481 e. The number of H-pyrrole nitrogens is 1. The van der Waals surface area contributed by atoms with E-state index in [2.05, 4.69) is 81.6 Å². The standard InChI is InChI=1S/C41H61N5O3/c1-36(2)12-14-41(35(47)48)15-13-40(7)32(28(41)23-36)26(25-10-20-49-29(25)24-46-18-16-45(8)17-19-46)21-31-38(5)22-27-33(43-44-34(27)42)37(3,4)30(38)9-11-39(31,40)6/h10,20,28,30-31H,9,11-19,21-24H2,1-8H3,(H,47,48)(H3,42,43,44)/t28-,30-,31?,38-,39+,40+,41-/m0/s1. The Balaban J connectivity index is 1.33. The van der Waals surface area contributed by atoms with E-state index in [0.29, 0.717) is 17.7 Å². The number of hydrogen-bond donors (Lipinski definition) is 3. The van der Waals surface area contributed by atoms with E-state index in [1.807, 2.05) is 6.26 Å². The maximum atomic E-state index is 13.6. The lowest BCUT2D eigenvalue weighted by Crippen LogP contribution is -2.65. The van der Waals surface area contributed by atoms with Crippen LogP contribution in [0.4, 0.5) is 5.82 Å². The molecule has 268 valence electrons. The molecule has 0 amide bonds. The zero-order chi connectivity index (χ0) is 34.9. The van der Waals surface area contributed by atoms with Crippen LogP contribution in [0.1, 0.15) is 122 Å². The van der Waals surface area contributed by atoms with Crippen molar-refractivity contribution in [3.8, 4) is 0 Å². The predicted octanol–water partition coefficient (Wildman–Crippen LogP) is 7.76. The fourth-order valence-electron chi connectivity index (χ4n) is 13.4. The van der Waals surface area contributed by atoms with E-state index in [-0.39, 0.29) is 33.0 Å². The number of aromatic amines is 1. The Labute approximate surface area is 293 Å². The first-order valence-corrected chi connectivity index (χ1v) is 19.2. The smallest absolute Gasteiger partial charge is 0.310 e. The third kappa shape index (κ3) is 4.53. The maximum Gasteiger partial charge on any atom is 0.310 e. The number of furan rings is 1. The molecule has 4 N–H and O–H groups in total. The highest BCUT2D eigenvalue weighted by Crippen LogP contribution is 2.77. The van der Waals surface area contributed by atoms with Crippen LogP contribution in [-0.4, -0.2) is 64.3 Å². The van der Waals surface area contributed by atoms with Crippen molar-refractivity contribution >= 4 is 17.4 Å². The fourth-order valence-corrected chi connectivity index (χ4v) is 13.4. The summed E-state index contributed by atoms with van der Waals surface area (Å²) in [4.78, 5) is 18.5. The Bertz CT molecular complexity index is 1690. The van der Waals surface area contributed by atoms with Gasteiger partial charge in [0.25, 0.3) is 0 Å². The number of nitrogens with two attached hydrogens (primary N) is 1. The molecular formula is C41H61N5O3. The molecule has 6 aliphatic rings. The number of fused-ring (bicyclic) bond motifs is 8. The summed E-state index contributed by atoms with van der Waals surface area (Å²) in [5, 5.41) is 19.1. The average molecular weight is 672 g/mol. The van der Waals surface area contributed by atoms with E-state index in [9.17, 15) is 9.90 Å². The normalized spacial score (nSPS) is 40.1. The third-order valence-corrected chi connectivity index (χ3v) is 16.4. The van der Waals surface area contributed by atoms with Crippen LogP contribution in [0.2, 0.25) is 0 Å². The molecule has 0 bridgehead atoms. The summed E-state index contributed by atoms with van der Waals surface area (Å²) in [5.41, 5.74) is 12.5. The lowest BCUT2D eigenvalue weighted by atomic mass is 9.33. The first-order chi connectivity index (χ1) is 23.0. The Hall–Kier alpha value is -2.58. The average Bonchev–Trinajstić information content (AvgIpc) is 3.64. The molecule has 1 saturated heterocycles. The van der Waals surface area contributed by atoms with Crippen molar-refractivity contribution in [1.29, 1.82) is 0 Å². The molecule has 4 fully saturated rings. The van der Waals surface area contributed by atoms with Gasteiger partial charge in [-0.05, 0) is 116 Å². The number of rotatable bonds is 4. The molecule has 1 aliphatic heterocycles. The van der Waals surface area contributed by atoms with Crippen LogP contribution >= 0.6 is 0 Å². The molecule has 0 aromatic carbocycles. The van der Waals surface area contributed by atoms with Gasteiger partial charge in [0, 0.05) is 48.4 Å². The molecule has 8 rings (SSSR count). The van der Waals surface area contributed by atoms with Gasteiger partial charge in [0.1, 0.15) is 11.6 Å². The van der Waals surface area contributed by atoms with Crippen molar-refractivity contribution in [3.05, 3.63) is 40.5 Å². The van der Waals surface area contributed by atoms with Gasteiger partial charge in [-0.25, -0.2) is 0 Å². The predicted molar refractivity (Wildman–Crippen MR) is 194 cm³/mol. The van der Waals surface area contributed by atoms with Gasteiger partial charge < -0.3 is 20.2 Å². The van der Waals surface area contributed by atoms with Crippen LogP contribution < -0.4 is 5.73 Å². The largest absolute Gasteiger partial charge is 0.481 e. The molecule has 5 aliphatic carbocycles. The highest BCUT2D eigenvalue weighted by atomic mass is 16.4. The number of allylic oxidation sites excluding steroid dienone is 2. The number of carbonyl (C=O) groups is 1. The summed E-state index contributed by atoms with van der Waals surface area (Å²) < 4.78 is 6.45. The Morgan fingerprint density at radius 2 is 1.73 bits per heavy atom. The first kappa shape index (κ1) is 33.6. The van der Waals surface area contributed by atoms with Gasteiger partial charge in [0.15, 0.2) is 0 Å². The van der Waals surface area contributed by atoms with Gasteiger partial charge in [0.05, 0.1) is 18.2 Å². The molecule has 7 atom stereocenters. The van der Waals surface area contributed by atoms with Crippen molar-refractivity contribution < 1.29 is 14.3 Å². The quantitative estimate of drug-likeness (QED) is 0.305. The van der Waals surface area contributed by atoms with Crippen LogP contribution in [0.25, 0.3) is 5.57 Å². The fraction of sp³-hybridized carbons (Fsp3) is 0.756. The number of aliphatic carboxylic acids is 1. The number of carboxylic acid groups (broad SMARTS) is 1. The van der Waals surface area contributed by atoms with Gasteiger partial charge >= 0.3 is 5.97 Å². The summed E-state index contributed by atoms with van der Waals surface area (Å²) in [7, 11) is 2.20. The summed E-state index contributed by atoms with van der Waals surface area (Å²) in [6.45, 7) is 22.3. The van der Waals surface area contributed by atoms with E-state index in [1.54, 1.807) is 0 Å². The number of piperazine rings is 1. The van der Waals surface area contributed by atoms with Crippen molar-refractivity contribution in [3.63, 3.8) is 0 Å². The Morgan fingerprint density at radius 3 is 2.45 bits per heavy atom. The van der Waals surface area contributed by atoms with Gasteiger partial charge in [0.2, 0.25) is 0 Å². The molecule has 8 nitrogen and oxygen atoms in total. The minimum absolute atomic E-state index is 0.00973. The van der Waals surface area contributed by atoms with Crippen LogP contribution in [0.15, 0.2) is 22.3 Å². The number of aromatic nitrogens is 2. The molecule has 0 spiro atoms. The number of anilines is 1. The second-order valence-corrected chi connectivity index (χ2v) is 19.6. The molecule has 49 heavy (non-hydrogen) atoms. The SMILES string of the molecule is CN1CCN(Cc2occc2C2=C3[C@@H]4CC(C)(C)CC[C@]4(C(=O)O)CC[C@@]3(C)[C@]3(C)CC[C@H]4C(C)(C)c5[nH]nc(N)c5C[C@]4(C)C3C2)CC1. The van der Waals surface area contributed by atoms with E-state index in [4.69, 9.17) is 10.2 Å². The van der Waals surface area contributed by atoms with Crippen molar-refractivity contribution in [2.24, 2.45) is 44.8 Å². The van der Waals surface area contributed by atoms with Crippen LogP contribution in [0.3, 0.4) is 0 Å². The van der Waals surface area contributed by atoms with Crippen LogP contribution in [-0.2, 0) is 23.2 Å². The number of carboxylic acids is 1. The van der Waals surface area contributed by atoms with Gasteiger partial charge in [-0.2, -0.15) is 5.10 Å². The zero-order valence-electron chi connectivity index (χ0n) is 31.5. The summed E-state index contributed by atoms with van der Waals surface area (Å²) in [6, 6.07) is 2.24. The lowest BCUT2D eigenvalue weighted by Gasteiger charge is -2.71. The van der Waals surface area contributed by atoms with Gasteiger partial charge in [-0.3, -0.25) is 14.8 Å². The lowest BCUT2D eigenvalue weighted by molar-refractivity contribution is -0.175. The van der Waals surface area contributed by atoms with Gasteiger partial charge in [-0.15, -0.1) is 0 Å². The molecular weight excluding hydrogens is 610 g/mol. The Morgan fingerprint density at radius 1 is 1.02 bits per heavy atom. The highest BCUT2D eigenvalue weighted by molar-refractivity contribution is 5.80. The van der Waals surface area contributed by atoms with E-state index in [1.165, 1.54) is 28.0 Å². The minimum atomic E-state index is -0.700. The molecule has 3 saturated carbocycles. The van der Waals surface area contributed by atoms with Crippen LogP contribution in [0.5, 0.6) is 0 Å². The van der Waals surface area contributed by atoms with Crippen molar-refractivity contribution in [2.45, 2.75) is 118 Å². The molecule has 2 aromatic rings. The summed E-state index contributed by atoms with van der Waals surface area (Å²) in [6.07, 6.45) is 10.5. The van der Waals surface area contributed by atoms with E-state index in [0.717, 1.165) is 96.3 Å². The molecule has 0 radical (unpaired) electrons. The first-order valence-electron chi connectivity index (χ1n) is 19.2. The van der Waals surface area contributed by atoms with E-state index >= 15 is 0 Å². The zero-order valence-corrected chi connectivity index (χ0v) is 31.5. The molecule has 8 heteroatoms. The van der Waals surface area contributed by atoms with Crippen LogP contribution in [0, 0.1) is 44.8 Å². The number of nitrogen functional groups attached to an aromatic ring is 1. The number of likely N-dealkylation sites (N-methyl/N-ethyl adjacent to an activating group) is 1. The monoisotopic (exact) mass is 671 g/mol. The summed E-state index contributed by atoms with van der Waals surface area (Å²) >= 11 is 0. The molecule has 3 heterocycles. The number of nitrogens with one attached hydrogen (secondary N) is 1.